The molecule has 0 aliphatic carbocycles. The van der Waals surface area contributed by atoms with Crippen LogP contribution >= 0.6 is 0 Å². The summed E-state index contributed by atoms with van der Waals surface area (Å²) >= 11 is 0. The van der Waals surface area contributed by atoms with Crippen molar-refractivity contribution in [3.63, 3.8) is 0 Å². The topological polar surface area (TPSA) is 75.3 Å². The molecule has 144 valence electrons. The maximum atomic E-state index is 14.8. The summed E-state index contributed by atoms with van der Waals surface area (Å²) in [6.07, 6.45) is 0. The van der Waals surface area contributed by atoms with Gasteiger partial charge in [0.1, 0.15) is 4.90 Å². The maximum absolute atomic E-state index is 14.8. The van der Waals surface area contributed by atoms with Crippen molar-refractivity contribution in [2.24, 2.45) is 0 Å². The third kappa shape index (κ3) is 4.55. The van der Waals surface area contributed by atoms with E-state index in [2.05, 4.69) is 10.6 Å². The minimum absolute atomic E-state index is 0.00616. The standard InChI is InChI=1S/C21H19FN2O3S/c22-21-18(23-15-20(25)24-14-16-8-3-1-4-9-16)12-7-13-19(21)28(26,27)17-10-5-2-6-11-17/h1-13,23H,14-15H2,(H,24,25). The van der Waals surface area contributed by atoms with E-state index in [1.807, 2.05) is 30.3 Å². The Morgan fingerprint density at radius 3 is 2.18 bits per heavy atom. The molecule has 7 heteroatoms. The highest BCUT2D eigenvalue weighted by molar-refractivity contribution is 7.91. The highest BCUT2D eigenvalue weighted by atomic mass is 32.2. The minimum Gasteiger partial charge on any atom is -0.374 e. The second-order valence-electron chi connectivity index (χ2n) is 6.05. The zero-order valence-electron chi connectivity index (χ0n) is 14.9. The lowest BCUT2D eigenvalue weighted by molar-refractivity contribution is -0.119. The van der Waals surface area contributed by atoms with Gasteiger partial charge < -0.3 is 10.6 Å². The molecule has 0 atom stereocenters. The average molecular weight is 398 g/mol. The fourth-order valence-corrected chi connectivity index (χ4v) is 3.99. The van der Waals surface area contributed by atoms with E-state index in [1.54, 1.807) is 18.2 Å². The lowest BCUT2D eigenvalue weighted by Crippen LogP contribution is -2.29. The first kappa shape index (κ1) is 19.6. The van der Waals surface area contributed by atoms with E-state index in [1.165, 1.54) is 30.3 Å². The zero-order valence-corrected chi connectivity index (χ0v) is 15.7. The molecule has 28 heavy (non-hydrogen) atoms. The molecule has 0 spiro atoms. The molecule has 0 saturated heterocycles. The SMILES string of the molecule is O=C(CNc1cccc(S(=O)(=O)c2ccccc2)c1F)NCc1ccccc1. The van der Waals surface area contributed by atoms with E-state index >= 15 is 0 Å². The van der Waals surface area contributed by atoms with Gasteiger partial charge in [0.05, 0.1) is 17.1 Å². The molecule has 0 bridgehead atoms. The van der Waals surface area contributed by atoms with Crippen LogP contribution in [0.25, 0.3) is 0 Å². The second kappa shape index (κ2) is 8.67. The molecule has 0 fully saturated rings. The lowest BCUT2D eigenvalue weighted by Gasteiger charge is -2.12. The van der Waals surface area contributed by atoms with E-state index in [0.717, 1.165) is 5.56 Å². The number of sulfone groups is 1. The number of amides is 1. The van der Waals surface area contributed by atoms with E-state index in [4.69, 9.17) is 0 Å². The van der Waals surface area contributed by atoms with E-state index in [0.29, 0.717) is 6.54 Å². The van der Waals surface area contributed by atoms with Crippen LogP contribution in [0.4, 0.5) is 10.1 Å². The van der Waals surface area contributed by atoms with Crippen LogP contribution in [0.5, 0.6) is 0 Å². The molecular formula is C21H19FN2O3S. The quantitative estimate of drug-likeness (QED) is 0.640. The smallest absolute Gasteiger partial charge is 0.239 e. The summed E-state index contributed by atoms with van der Waals surface area (Å²) < 4.78 is 40.1. The van der Waals surface area contributed by atoms with Gasteiger partial charge >= 0.3 is 0 Å². The Balaban J connectivity index is 1.69. The van der Waals surface area contributed by atoms with Gasteiger partial charge in [-0.05, 0) is 29.8 Å². The zero-order chi connectivity index (χ0) is 20.0. The van der Waals surface area contributed by atoms with E-state index in [9.17, 15) is 17.6 Å². The summed E-state index contributed by atoms with van der Waals surface area (Å²) in [6, 6.07) is 21.1. The number of rotatable bonds is 7. The highest BCUT2D eigenvalue weighted by Gasteiger charge is 2.23. The van der Waals surface area contributed by atoms with Crippen LogP contribution in [0.2, 0.25) is 0 Å². The van der Waals surface area contributed by atoms with Crippen molar-refractivity contribution in [1.82, 2.24) is 5.32 Å². The molecule has 1 amide bonds. The van der Waals surface area contributed by atoms with Crippen LogP contribution in [-0.2, 0) is 21.2 Å². The number of nitrogens with one attached hydrogen (secondary N) is 2. The summed E-state index contributed by atoms with van der Waals surface area (Å²) in [5.41, 5.74) is 0.893. The number of anilines is 1. The lowest BCUT2D eigenvalue weighted by atomic mass is 10.2. The van der Waals surface area contributed by atoms with Crippen molar-refractivity contribution < 1.29 is 17.6 Å². The van der Waals surface area contributed by atoms with Crippen LogP contribution in [0.1, 0.15) is 5.56 Å². The fourth-order valence-electron chi connectivity index (χ4n) is 2.62. The van der Waals surface area contributed by atoms with E-state index in [-0.39, 0.29) is 23.0 Å². The van der Waals surface area contributed by atoms with Crippen LogP contribution in [-0.4, -0.2) is 20.9 Å². The predicted molar refractivity (Wildman–Crippen MR) is 105 cm³/mol. The Morgan fingerprint density at radius 1 is 0.857 bits per heavy atom. The summed E-state index contributed by atoms with van der Waals surface area (Å²) in [6.45, 7) is 0.171. The average Bonchev–Trinajstić information content (AvgIpc) is 2.72. The monoisotopic (exact) mass is 398 g/mol. The Kier molecular flexibility index (Phi) is 6.06. The normalized spacial score (nSPS) is 11.0. The maximum Gasteiger partial charge on any atom is 0.239 e. The molecule has 3 aromatic rings. The Hall–Kier alpha value is -3.19. The van der Waals surface area contributed by atoms with Crippen molar-refractivity contribution in [2.45, 2.75) is 16.3 Å². The summed E-state index contributed by atoms with van der Waals surface area (Å²) in [7, 11) is -3.99. The van der Waals surface area contributed by atoms with Gasteiger partial charge in [0.25, 0.3) is 0 Å². The van der Waals surface area contributed by atoms with Gasteiger partial charge in [0, 0.05) is 6.54 Å². The van der Waals surface area contributed by atoms with Crippen molar-refractivity contribution in [3.8, 4) is 0 Å². The van der Waals surface area contributed by atoms with E-state index < -0.39 is 20.5 Å². The first-order chi connectivity index (χ1) is 13.5. The van der Waals surface area contributed by atoms with Crippen molar-refractivity contribution >= 4 is 21.4 Å². The van der Waals surface area contributed by atoms with Gasteiger partial charge in [-0.2, -0.15) is 0 Å². The third-order valence-corrected chi connectivity index (χ3v) is 5.87. The first-order valence-electron chi connectivity index (χ1n) is 8.61. The van der Waals surface area contributed by atoms with Crippen molar-refractivity contribution in [2.75, 3.05) is 11.9 Å². The number of carbonyl (C=O) groups is 1. The first-order valence-corrected chi connectivity index (χ1v) is 10.1. The van der Waals surface area contributed by atoms with Crippen LogP contribution < -0.4 is 10.6 Å². The molecule has 0 aliphatic heterocycles. The van der Waals surface area contributed by atoms with Gasteiger partial charge in [-0.3, -0.25) is 4.79 Å². The summed E-state index contributed by atoms with van der Waals surface area (Å²) in [5.74, 6) is -1.25. The number of hydrogen-bond acceptors (Lipinski definition) is 4. The number of benzene rings is 3. The molecular weight excluding hydrogens is 379 g/mol. The highest BCUT2D eigenvalue weighted by Crippen LogP contribution is 2.27. The Morgan fingerprint density at radius 2 is 1.50 bits per heavy atom. The van der Waals surface area contributed by atoms with Crippen LogP contribution in [0.3, 0.4) is 0 Å². The van der Waals surface area contributed by atoms with Gasteiger partial charge in [-0.15, -0.1) is 0 Å². The third-order valence-electron chi connectivity index (χ3n) is 4.08. The summed E-state index contributed by atoms with van der Waals surface area (Å²) in [4.78, 5) is 11.6. The fraction of sp³-hybridized carbons (Fsp3) is 0.0952. The van der Waals surface area contributed by atoms with Gasteiger partial charge in [0.15, 0.2) is 5.82 Å². The Labute approximate surface area is 163 Å². The molecule has 0 aliphatic rings. The molecule has 0 radical (unpaired) electrons. The molecule has 3 aromatic carbocycles. The van der Waals surface area contributed by atoms with Crippen LogP contribution in [0.15, 0.2) is 88.7 Å². The molecule has 3 rings (SSSR count). The van der Waals surface area contributed by atoms with Gasteiger partial charge in [-0.25, -0.2) is 12.8 Å². The Bertz CT molecular complexity index is 1060. The molecule has 0 heterocycles. The van der Waals surface area contributed by atoms with Crippen LogP contribution in [0, 0.1) is 5.82 Å². The molecule has 5 nitrogen and oxygen atoms in total. The minimum atomic E-state index is -3.99. The number of carbonyl (C=O) groups excluding carboxylic acids is 1. The largest absolute Gasteiger partial charge is 0.374 e. The number of hydrogen-bond donors (Lipinski definition) is 2. The molecule has 0 saturated carbocycles. The van der Waals surface area contributed by atoms with Gasteiger partial charge in [0.2, 0.25) is 15.7 Å². The number of halogens is 1. The van der Waals surface area contributed by atoms with Crippen molar-refractivity contribution in [1.29, 1.82) is 0 Å². The van der Waals surface area contributed by atoms with Gasteiger partial charge in [-0.1, -0.05) is 54.6 Å². The molecule has 0 unspecified atom stereocenters. The van der Waals surface area contributed by atoms with Crippen molar-refractivity contribution in [3.05, 3.63) is 90.2 Å². The molecule has 2 N–H and O–H groups in total. The summed E-state index contributed by atoms with van der Waals surface area (Å²) in [5, 5.41) is 5.38. The molecule has 0 aromatic heterocycles. The predicted octanol–water partition coefficient (Wildman–Crippen LogP) is 3.39. The second-order valence-corrected chi connectivity index (χ2v) is 7.97.